The van der Waals surface area contributed by atoms with E-state index in [4.69, 9.17) is 17.3 Å². The molecule has 1 unspecified atom stereocenters. The second-order valence-corrected chi connectivity index (χ2v) is 5.26. The average Bonchev–Trinajstić information content (AvgIpc) is 2.77. The maximum atomic E-state index is 13.0. The molecule has 0 radical (unpaired) electrons. The molecule has 0 aliphatic rings. The van der Waals surface area contributed by atoms with Crippen molar-refractivity contribution in [1.82, 2.24) is 9.78 Å². The van der Waals surface area contributed by atoms with Crippen LogP contribution >= 0.6 is 11.6 Å². The number of hydrogen-bond acceptors (Lipinski definition) is 2. The van der Waals surface area contributed by atoms with Crippen molar-refractivity contribution in [2.24, 2.45) is 5.73 Å². The van der Waals surface area contributed by atoms with E-state index in [1.807, 2.05) is 16.9 Å². The fraction of sp³-hybridized carbons (Fsp3) is 0.357. The number of benzene rings is 1. The summed E-state index contributed by atoms with van der Waals surface area (Å²) in [5, 5.41) is 4.80. The zero-order chi connectivity index (χ0) is 14.0. The lowest BCUT2D eigenvalue weighted by Crippen LogP contribution is -2.14. The Hall–Kier alpha value is -1.39. The van der Waals surface area contributed by atoms with Gasteiger partial charge in [-0.05, 0) is 37.6 Å². The highest BCUT2D eigenvalue weighted by Gasteiger charge is 2.13. The van der Waals surface area contributed by atoms with E-state index in [1.165, 1.54) is 12.1 Å². The lowest BCUT2D eigenvalue weighted by atomic mass is 10.0. The molecule has 3 nitrogen and oxygen atoms in total. The maximum absolute atomic E-state index is 13.0. The van der Waals surface area contributed by atoms with Crippen molar-refractivity contribution >= 4 is 11.6 Å². The van der Waals surface area contributed by atoms with Gasteiger partial charge in [-0.2, -0.15) is 5.10 Å². The largest absolute Gasteiger partial charge is 0.324 e. The van der Waals surface area contributed by atoms with E-state index in [0.717, 1.165) is 11.3 Å². The molecule has 0 aliphatic carbocycles. The Morgan fingerprint density at radius 2 is 2.11 bits per heavy atom. The fourth-order valence-electron chi connectivity index (χ4n) is 1.91. The molecule has 0 spiro atoms. The minimum absolute atomic E-state index is 0.288. The Morgan fingerprint density at radius 3 is 2.68 bits per heavy atom. The van der Waals surface area contributed by atoms with E-state index in [2.05, 4.69) is 18.9 Å². The van der Waals surface area contributed by atoms with Crippen LogP contribution in [0.1, 0.15) is 37.2 Å². The lowest BCUT2D eigenvalue weighted by molar-refractivity contribution is 0.522. The van der Waals surface area contributed by atoms with Gasteiger partial charge < -0.3 is 5.73 Å². The first-order valence-electron chi connectivity index (χ1n) is 6.22. The van der Waals surface area contributed by atoms with E-state index in [0.29, 0.717) is 17.5 Å². The Bertz CT molecular complexity index is 566. The van der Waals surface area contributed by atoms with Crippen LogP contribution in [-0.4, -0.2) is 9.78 Å². The van der Waals surface area contributed by atoms with Crippen LogP contribution in [0, 0.1) is 5.82 Å². The molecule has 102 valence electrons. The van der Waals surface area contributed by atoms with Crippen molar-refractivity contribution < 1.29 is 4.39 Å². The molecule has 2 rings (SSSR count). The quantitative estimate of drug-likeness (QED) is 0.932. The number of nitrogens with two attached hydrogens (primary N) is 1. The molecule has 1 aromatic heterocycles. The van der Waals surface area contributed by atoms with Gasteiger partial charge in [-0.1, -0.05) is 17.7 Å². The summed E-state index contributed by atoms with van der Waals surface area (Å²) in [5.41, 5.74) is 7.75. The summed E-state index contributed by atoms with van der Waals surface area (Å²) in [6.45, 7) is 4.13. The number of aromatic nitrogens is 2. The second kappa shape index (κ2) is 5.72. The van der Waals surface area contributed by atoms with Gasteiger partial charge in [0.05, 0.1) is 5.69 Å². The molecule has 1 heterocycles. The number of nitrogens with zero attached hydrogens (tertiary/aromatic N) is 2. The first-order chi connectivity index (χ1) is 8.97. The minimum atomic E-state index is -0.356. The molecule has 1 aromatic carbocycles. The molecule has 2 N–H and O–H groups in total. The van der Waals surface area contributed by atoms with Gasteiger partial charge in [-0.25, -0.2) is 4.39 Å². The highest BCUT2D eigenvalue weighted by Crippen LogP contribution is 2.24. The Morgan fingerprint density at radius 1 is 1.37 bits per heavy atom. The van der Waals surface area contributed by atoms with E-state index in [-0.39, 0.29) is 11.9 Å². The van der Waals surface area contributed by atoms with Crippen LogP contribution in [0.15, 0.2) is 30.5 Å². The van der Waals surface area contributed by atoms with Crippen molar-refractivity contribution in [1.29, 1.82) is 0 Å². The monoisotopic (exact) mass is 281 g/mol. The van der Waals surface area contributed by atoms with E-state index >= 15 is 0 Å². The fourth-order valence-corrected chi connectivity index (χ4v) is 2.22. The summed E-state index contributed by atoms with van der Waals surface area (Å²) < 4.78 is 14.9. The summed E-state index contributed by atoms with van der Waals surface area (Å²) >= 11 is 6.00. The van der Waals surface area contributed by atoms with Gasteiger partial charge in [-0.3, -0.25) is 4.68 Å². The van der Waals surface area contributed by atoms with Crippen molar-refractivity contribution in [2.45, 2.75) is 32.4 Å². The average molecular weight is 282 g/mol. The van der Waals surface area contributed by atoms with Gasteiger partial charge in [0.25, 0.3) is 0 Å². The molecule has 0 fully saturated rings. The van der Waals surface area contributed by atoms with Crippen molar-refractivity contribution in [3.63, 3.8) is 0 Å². The third-order valence-corrected chi connectivity index (χ3v) is 3.31. The van der Waals surface area contributed by atoms with Gasteiger partial charge in [0.1, 0.15) is 5.82 Å². The van der Waals surface area contributed by atoms with E-state index in [9.17, 15) is 4.39 Å². The van der Waals surface area contributed by atoms with Gasteiger partial charge in [-0.15, -0.1) is 0 Å². The Labute approximate surface area is 117 Å². The van der Waals surface area contributed by atoms with E-state index in [1.54, 1.807) is 6.07 Å². The number of hydrogen-bond donors (Lipinski definition) is 1. The third-order valence-electron chi connectivity index (χ3n) is 2.98. The predicted molar refractivity (Wildman–Crippen MR) is 74.7 cm³/mol. The van der Waals surface area contributed by atoms with E-state index < -0.39 is 0 Å². The SMILES string of the molecule is CC(C)n1ccc(CC(N)c2ccc(F)cc2Cl)n1. The van der Waals surface area contributed by atoms with Crippen molar-refractivity contribution in [2.75, 3.05) is 0 Å². The lowest BCUT2D eigenvalue weighted by Gasteiger charge is -2.12. The predicted octanol–water partition coefficient (Wildman–Crippen LogP) is 3.50. The standard InChI is InChI=1S/C14H17ClFN3/c1-9(2)19-6-5-11(18-19)8-14(17)12-4-3-10(16)7-13(12)15/h3-7,9,14H,8,17H2,1-2H3. The summed E-state index contributed by atoms with van der Waals surface area (Å²) in [7, 11) is 0. The topological polar surface area (TPSA) is 43.8 Å². The normalized spacial score (nSPS) is 12.9. The zero-order valence-electron chi connectivity index (χ0n) is 11.0. The van der Waals surface area contributed by atoms with Gasteiger partial charge in [0.2, 0.25) is 0 Å². The molecule has 5 heteroatoms. The molecule has 0 saturated heterocycles. The molecular weight excluding hydrogens is 265 g/mol. The van der Waals surface area contributed by atoms with Crippen LogP contribution in [0.3, 0.4) is 0 Å². The minimum Gasteiger partial charge on any atom is -0.324 e. The third kappa shape index (κ3) is 3.33. The van der Waals surface area contributed by atoms with Crippen LogP contribution < -0.4 is 5.73 Å². The summed E-state index contributed by atoms with van der Waals surface area (Å²) in [6.07, 6.45) is 2.50. The molecular formula is C14H17ClFN3. The van der Waals surface area contributed by atoms with Crippen LogP contribution in [0.5, 0.6) is 0 Å². The summed E-state index contributed by atoms with van der Waals surface area (Å²) in [5.74, 6) is -0.356. The van der Waals surface area contributed by atoms with Crippen LogP contribution in [0.25, 0.3) is 0 Å². The number of rotatable bonds is 4. The maximum Gasteiger partial charge on any atom is 0.124 e. The molecule has 0 amide bonds. The molecule has 0 bridgehead atoms. The van der Waals surface area contributed by atoms with Gasteiger partial charge >= 0.3 is 0 Å². The molecule has 0 saturated carbocycles. The van der Waals surface area contributed by atoms with Gasteiger partial charge in [0.15, 0.2) is 0 Å². The highest BCUT2D eigenvalue weighted by atomic mass is 35.5. The van der Waals surface area contributed by atoms with Gasteiger partial charge in [0, 0.05) is 29.7 Å². The summed E-state index contributed by atoms with van der Waals surface area (Å²) in [4.78, 5) is 0. The first kappa shape index (κ1) is 14.0. The Kier molecular flexibility index (Phi) is 4.22. The molecule has 2 aromatic rings. The van der Waals surface area contributed by atoms with Crippen molar-refractivity contribution in [3.8, 4) is 0 Å². The molecule has 1 atom stereocenters. The molecule has 0 aliphatic heterocycles. The first-order valence-corrected chi connectivity index (χ1v) is 6.59. The summed E-state index contributed by atoms with van der Waals surface area (Å²) in [6, 6.07) is 6.25. The smallest absolute Gasteiger partial charge is 0.124 e. The number of halogens is 2. The second-order valence-electron chi connectivity index (χ2n) is 4.86. The highest BCUT2D eigenvalue weighted by molar-refractivity contribution is 6.31. The Balaban J connectivity index is 2.13. The van der Waals surface area contributed by atoms with Crippen LogP contribution in [0.2, 0.25) is 5.02 Å². The van der Waals surface area contributed by atoms with Crippen LogP contribution in [-0.2, 0) is 6.42 Å². The zero-order valence-corrected chi connectivity index (χ0v) is 11.7. The molecule has 19 heavy (non-hydrogen) atoms. The van der Waals surface area contributed by atoms with Crippen molar-refractivity contribution in [3.05, 3.63) is 52.6 Å². The van der Waals surface area contributed by atoms with Crippen LogP contribution in [0.4, 0.5) is 4.39 Å².